The van der Waals surface area contributed by atoms with Gasteiger partial charge in [-0.3, -0.25) is 14.3 Å². The van der Waals surface area contributed by atoms with Gasteiger partial charge in [0, 0.05) is 25.0 Å². The van der Waals surface area contributed by atoms with Crippen LogP contribution in [-0.4, -0.2) is 55.3 Å². The quantitative estimate of drug-likeness (QED) is 0.563. The number of aryl methyl sites for hydroxylation is 1. The first-order valence-electron chi connectivity index (χ1n) is 10.9. The zero-order chi connectivity index (χ0) is 26.2. The molecule has 1 aromatic carbocycles. The van der Waals surface area contributed by atoms with Crippen LogP contribution in [0.1, 0.15) is 34.6 Å². The van der Waals surface area contributed by atoms with E-state index in [4.69, 9.17) is 4.74 Å². The molecule has 0 saturated heterocycles. The summed E-state index contributed by atoms with van der Waals surface area (Å²) in [6.45, 7) is 7.65. The van der Waals surface area contributed by atoms with E-state index < -0.39 is 34.0 Å². The number of alkyl halides is 3. The molecule has 0 unspecified atom stereocenters. The Morgan fingerprint density at radius 1 is 1.29 bits per heavy atom. The number of hydrogen-bond donors (Lipinski definition) is 2. The van der Waals surface area contributed by atoms with Gasteiger partial charge in [0.1, 0.15) is 16.7 Å². The average molecular weight is 520 g/mol. The van der Waals surface area contributed by atoms with Crippen LogP contribution < -0.4 is 19.7 Å². The van der Waals surface area contributed by atoms with Gasteiger partial charge < -0.3 is 14.8 Å². The Balaban J connectivity index is 1.96. The molecule has 0 radical (unpaired) electrons. The van der Waals surface area contributed by atoms with Crippen molar-refractivity contribution in [2.24, 2.45) is 0 Å². The second-order valence-electron chi connectivity index (χ2n) is 8.40. The van der Waals surface area contributed by atoms with Crippen LogP contribution in [0.25, 0.3) is 0 Å². The number of fused-ring (bicyclic) bond motifs is 1. The van der Waals surface area contributed by atoms with Crippen molar-refractivity contribution in [3.8, 4) is 5.75 Å². The van der Waals surface area contributed by atoms with Gasteiger partial charge >= 0.3 is 12.3 Å². The smallest absolute Gasteiger partial charge is 0.427 e. The van der Waals surface area contributed by atoms with E-state index in [0.717, 1.165) is 18.2 Å². The predicted octanol–water partition coefficient (Wildman–Crippen LogP) is 4.20. The Bertz CT molecular complexity index is 1200. The summed E-state index contributed by atoms with van der Waals surface area (Å²) >= 11 is 0. The topological polar surface area (TPSA) is 115 Å². The minimum Gasteiger partial charge on any atom is -0.487 e. The second-order valence-corrected chi connectivity index (χ2v) is 10.2. The Labute approximate surface area is 201 Å². The zero-order valence-electron chi connectivity index (χ0n) is 19.9. The molecule has 3 rings (SSSR count). The lowest BCUT2D eigenvalue weighted by Crippen LogP contribution is -2.44. The van der Waals surface area contributed by atoms with E-state index in [9.17, 15) is 26.4 Å². The first-order valence-corrected chi connectivity index (χ1v) is 12.3. The largest absolute Gasteiger partial charge is 0.487 e. The molecule has 0 bridgehead atoms. The number of ether oxygens (including phenoxy) is 2. The van der Waals surface area contributed by atoms with Crippen LogP contribution >= 0.6 is 0 Å². The third kappa shape index (κ3) is 5.41. The van der Waals surface area contributed by atoms with Crippen LogP contribution in [-0.2, 0) is 21.3 Å². The number of aromatic nitrogens is 2. The van der Waals surface area contributed by atoms with Crippen LogP contribution in [0.3, 0.4) is 0 Å². The fourth-order valence-electron chi connectivity index (χ4n) is 3.30. The summed E-state index contributed by atoms with van der Waals surface area (Å²) in [5, 5.41) is 9.44. The molecule has 2 aromatic rings. The van der Waals surface area contributed by atoms with Crippen molar-refractivity contribution in [1.29, 1.82) is 0 Å². The van der Waals surface area contributed by atoms with Gasteiger partial charge in [0.05, 0.1) is 12.2 Å². The molecule has 1 aliphatic heterocycles. The number of carbonyl (C=O) groups is 1. The van der Waals surface area contributed by atoms with Crippen molar-refractivity contribution in [2.45, 2.75) is 63.9 Å². The Morgan fingerprint density at radius 3 is 2.57 bits per heavy atom. The number of anilines is 3. The van der Waals surface area contributed by atoms with Crippen LogP contribution in [0.4, 0.5) is 35.2 Å². The van der Waals surface area contributed by atoms with E-state index >= 15 is 0 Å². The minimum absolute atomic E-state index is 0.0289. The monoisotopic (exact) mass is 519 g/mol. The van der Waals surface area contributed by atoms with Crippen molar-refractivity contribution >= 4 is 33.3 Å². The summed E-state index contributed by atoms with van der Waals surface area (Å²) < 4.78 is 79.4. The second kappa shape index (κ2) is 9.47. The molecule has 35 heavy (non-hydrogen) atoms. The molecule has 194 valence electrons. The van der Waals surface area contributed by atoms with Gasteiger partial charge in [0.25, 0.3) is 10.0 Å². The molecule has 1 atom stereocenters. The number of rotatable bonds is 7. The lowest BCUT2D eigenvalue weighted by molar-refractivity contribution is -0.242. The molecule has 1 aliphatic rings. The highest BCUT2D eigenvalue weighted by Gasteiger charge is 2.51. The van der Waals surface area contributed by atoms with Crippen LogP contribution in [0.15, 0.2) is 29.3 Å². The summed E-state index contributed by atoms with van der Waals surface area (Å²) in [6.07, 6.45) is -5.18. The third-order valence-electron chi connectivity index (χ3n) is 5.22. The molecular weight excluding hydrogens is 491 g/mol. The third-order valence-corrected chi connectivity index (χ3v) is 7.00. The van der Waals surface area contributed by atoms with Gasteiger partial charge in [-0.25, -0.2) is 13.2 Å². The van der Waals surface area contributed by atoms with Crippen molar-refractivity contribution in [3.63, 3.8) is 0 Å². The molecular formula is C21H28F3N5O5S. The average Bonchev–Trinajstić information content (AvgIpc) is 3.16. The predicted molar refractivity (Wildman–Crippen MR) is 123 cm³/mol. The molecule has 0 fully saturated rings. The van der Waals surface area contributed by atoms with E-state index in [1.807, 2.05) is 13.8 Å². The number of halogens is 3. The number of carbonyl (C=O) groups excluding carboxylic acids is 1. The van der Waals surface area contributed by atoms with Crippen molar-refractivity contribution < 1.29 is 35.9 Å². The summed E-state index contributed by atoms with van der Waals surface area (Å²) in [5.74, 6) is 0.428. The summed E-state index contributed by atoms with van der Waals surface area (Å²) in [5.41, 5.74) is -2.58. The number of nitrogens with one attached hydrogen (secondary N) is 2. The molecule has 0 spiro atoms. The summed E-state index contributed by atoms with van der Waals surface area (Å²) in [7, 11) is -4.13. The highest BCUT2D eigenvalue weighted by Crippen LogP contribution is 2.40. The zero-order valence-corrected chi connectivity index (χ0v) is 20.7. The molecule has 1 aromatic heterocycles. The standard InChI is InChI=1S/C21H28F3N5O5S/c1-6-25-18-17(12-28(7-2)27-18)35(31,32)29-11-13(3)33-16-9-8-14(10-15(16)29)26-19(30)34-20(4,5)21(22,23)24/h8-10,12-13H,6-7,11H2,1-5H3,(H,25,27)(H,26,30)/t13-/m0/s1. The Kier molecular flexibility index (Phi) is 7.16. The van der Waals surface area contributed by atoms with E-state index in [1.165, 1.54) is 29.1 Å². The highest BCUT2D eigenvalue weighted by atomic mass is 32.2. The van der Waals surface area contributed by atoms with Gasteiger partial charge in [0.2, 0.25) is 5.60 Å². The minimum atomic E-state index is -4.78. The molecule has 10 nitrogen and oxygen atoms in total. The van der Waals surface area contributed by atoms with Crippen LogP contribution in [0.5, 0.6) is 5.75 Å². The van der Waals surface area contributed by atoms with Crippen molar-refractivity contribution in [1.82, 2.24) is 9.78 Å². The van der Waals surface area contributed by atoms with Crippen molar-refractivity contribution in [3.05, 3.63) is 24.4 Å². The fourth-order valence-corrected chi connectivity index (χ4v) is 4.96. The van der Waals surface area contributed by atoms with E-state index in [2.05, 4.69) is 20.5 Å². The van der Waals surface area contributed by atoms with Crippen LogP contribution in [0.2, 0.25) is 0 Å². The normalized spacial score (nSPS) is 16.3. The Hall–Kier alpha value is -3.16. The Morgan fingerprint density at radius 2 is 1.97 bits per heavy atom. The molecule has 14 heteroatoms. The maximum absolute atomic E-state index is 13.7. The number of sulfonamides is 1. The lowest BCUT2D eigenvalue weighted by atomic mass is 10.1. The van der Waals surface area contributed by atoms with E-state index in [-0.39, 0.29) is 34.4 Å². The number of nitrogens with zero attached hydrogens (tertiary/aromatic N) is 3. The molecule has 1 amide bonds. The van der Waals surface area contributed by atoms with E-state index in [1.54, 1.807) is 6.92 Å². The maximum Gasteiger partial charge on any atom is 0.427 e. The molecule has 2 N–H and O–H groups in total. The first kappa shape index (κ1) is 26.4. The highest BCUT2D eigenvalue weighted by molar-refractivity contribution is 7.93. The molecule has 0 aliphatic carbocycles. The number of hydrogen-bond acceptors (Lipinski definition) is 7. The van der Waals surface area contributed by atoms with E-state index in [0.29, 0.717) is 13.1 Å². The SMILES string of the molecule is CCNc1nn(CC)cc1S(=O)(=O)N1C[C@H](C)Oc2ccc(NC(=O)OC(C)(C)C(F)(F)F)cc21. The maximum atomic E-state index is 13.7. The molecule has 2 heterocycles. The van der Waals surface area contributed by atoms with Gasteiger partial charge in [-0.1, -0.05) is 0 Å². The first-order chi connectivity index (χ1) is 16.2. The number of amides is 1. The summed E-state index contributed by atoms with van der Waals surface area (Å²) in [4.78, 5) is 12.1. The molecule has 0 saturated carbocycles. The van der Waals surface area contributed by atoms with Crippen molar-refractivity contribution in [2.75, 3.05) is 28.0 Å². The van der Waals surface area contributed by atoms with Gasteiger partial charge in [0.15, 0.2) is 5.82 Å². The fraction of sp³-hybridized carbons (Fsp3) is 0.524. The summed E-state index contributed by atoms with van der Waals surface area (Å²) in [6, 6.07) is 4.11. The van der Waals surface area contributed by atoms with Gasteiger partial charge in [-0.05, 0) is 52.8 Å². The van der Waals surface area contributed by atoms with Crippen LogP contribution in [0, 0.1) is 0 Å². The number of benzene rings is 1. The lowest BCUT2D eigenvalue weighted by Gasteiger charge is -2.34. The van der Waals surface area contributed by atoms with Gasteiger partial charge in [-0.2, -0.15) is 18.3 Å². The van der Waals surface area contributed by atoms with Gasteiger partial charge in [-0.15, -0.1) is 0 Å².